The number of halogens is 1. The van der Waals surface area contributed by atoms with E-state index in [-0.39, 0.29) is 18.3 Å². The van der Waals surface area contributed by atoms with Gasteiger partial charge in [0.2, 0.25) is 5.91 Å². The van der Waals surface area contributed by atoms with Gasteiger partial charge in [-0.05, 0) is 67.6 Å². The molecule has 1 saturated heterocycles. The zero-order valence-corrected chi connectivity index (χ0v) is 17.9. The van der Waals surface area contributed by atoms with Crippen molar-refractivity contribution >= 4 is 34.8 Å². The highest BCUT2D eigenvalue weighted by molar-refractivity contribution is 7.84. The predicted molar refractivity (Wildman–Crippen MR) is 118 cm³/mol. The molecular weight excluding hydrogens is 392 g/mol. The molecule has 152 valence electrons. The van der Waals surface area contributed by atoms with Crippen LogP contribution in [-0.2, 0) is 21.3 Å². The maximum absolute atomic E-state index is 12.5. The van der Waals surface area contributed by atoms with Crippen LogP contribution in [0, 0.1) is 11.8 Å². The molecule has 2 N–H and O–H groups in total. The van der Waals surface area contributed by atoms with Gasteiger partial charge in [0.15, 0.2) is 0 Å². The molecule has 2 unspecified atom stereocenters. The lowest BCUT2D eigenvalue weighted by molar-refractivity contribution is -0.117. The molecule has 0 bridgehead atoms. The van der Waals surface area contributed by atoms with Crippen LogP contribution in [0.1, 0.15) is 31.7 Å². The Balaban J connectivity index is 0.00000280. The summed E-state index contributed by atoms with van der Waals surface area (Å²) < 4.78 is 12.5. The van der Waals surface area contributed by atoms with Crippen molar-refractivity contribution in [1.29, 1.82) is 0 Å². The second-order valence-electron chi connectivity index (χ2n) is 7.32. The number of hydrogen-bond donors (Lipinski definition) is 2. The molecule has 3 rings (SSSR count). The maximum Gasteiger partial charge on any atom is 0.224 e. The van der Waals surface area contributed by atoms with E-state index in [0.717, 1.165) is 42.1 Å². The van der Waals surface area contributed by atoms with Crippen molar-refractivity contribution in [3.63, 3.8) is 0 Å². The van der Waals surface area contributed by atoms with Gasteiger partial charge in [-0.1, -0.05) is 37.3 Å². The Morgan fingerprint density at radius 2 is 1.86 bits per heavy atom. The minimum Gasteiger partial charge on any atom is -0.326 e. The fourth-order valence-corrected chi connectivity index (χ4v) is 4.74. The quantitative estimate of drug-likeness (QED) is 0.698. The largest absolute Gasteiger partial charge is 0.326 e. The van der Waals surface area contributed by atoms with Crippen molar-refractivity contribution in [3.05, 3.63) is 60.2 Å². The SMILES string of the molecule is CC(CC(=O)Nc1cccc(CS(=O)c2ccccc2)c1)C1CCNCC1.Cl. The number of carbonyl (C=O) groups is 1. The lowest BCUT2D eigenvalue weighted by Gasteiger charge is -2.27. The highest BCUT2D eigenvalue weighted by atomic mass is 35.5. The number of nitrogens with one attached hydrogen (secondary N) is 2. The zero-order chi connectivity index (χ0) is 19.1. The summed E-state index contributed by atoms with van der Waals surface area (Å²) in [6, 6.07) is 17.1. The van der Waals surface area contributed by atoms with Crippen LogP contribution >= 0.6 is 12.4 Å². The van der Waals surface area contributed by atoms with Crippen molar-refractivity contribution in [3.8, 4) is 0 Å². The molecule has 0 radical (unpaired) electrons. The Labute approximate surface area is 176 Å². The summed E-state index contributed by atoms with van der Waals surface area (Å²) in [6.07, 6.45) is 2.84. The van der Waals surface area contributed by atoms with Crippen LogP contribution < -0.4 is 10.6 Å². The molecule has 1 aliphatic heterocycles. The van der Waals surface area contributed by atoms with E-state index in [0.29, 0.717) is 24.0 Å². The van der Waals surface area contributed by atoms with Gasteiger partial charge < -0.3 is 10.6 Å². The summed E-state index contributed by atoms with van der Waals surface area (Å²) in [7, 11) is -1.09. The number of rotatable bonds is 7. The standard InChI is InChI=1S/C22H28N2O2S.ClH/c1-17(19-10-12-23-13-11-19)14-22(25)24-20-7-5-6-18(15-20)16-27(26)21-8-3-2-4-9-21;/h2-9,15,17,19,23H,10-14,16H2,1H3,(H,24,25);1H. The van der Waals surface area contributed by atoms with Gasteiger partial charge in [0.05, 0.1) is 16.6 Å². The average Bonchev–Trinajstić information content (AvgIpc) is 2.69. The summed E-state index contributed by atoms with van der Waals surface area (Å²) in [5.74, 6) is 1.51. The smallest absolute Gasteiger partial charge is 0.224 e. The number of benzene rings is 2. The van der Waals surface area contributed by atoms with Gasteiger partial charge >= 0.3 is 0 Å². The van der Waals surface area contributed by atoms with Crippen LogP contribution in [0.5, 0.6) is 0 Å². The van der Waals surface area contributed by atoms with Crippen LogP contribution in [0.4, 0.5) is 5.69 Å². The highest BCUT2D eigenvalue weighted by Crippen LogP contribution is 2.25. The number of hydrogen-bond acceptors (Lipinski definition) is 3. The van der Waals surface area contributed by atoms with E-state index in [2.05, 4.69) is 17.6 Å². The molecule has 0 spiro atoms. The molecule has 0 aliphatic carbocycles. The van der Waals surface area contributed by atoms with Crippen molar-refractivity contribution < 1.29 is 9.00 Å². The first-order valence-corrected chi connectivity index (χ1v) is 11.0. The second kappa shape index (κ2) is 11.3. The van der Waals surface area contributed by atoms with Crippen molar-refractivity contribution in [1.82, 2.24) is 5.32 Å². The fourth-order valence-electron chi connectivity index (χ4n) is 3.63. The Kier molecular flexibility index (Phi) is 9.16. The predicted octanol–water partition coefficient (Wildman–Crippen LogP) is 4.38. The summed E-state index contributed by atoms with van der Waals surface area (Å²) >= 11 is 0. The Morgan fingerprint density at radius 1 is 1.14 bits per heavy atom. The number of anilines is 1. The molecular formula is C22H29ClN2O2S. The Hall–Kier alpha value is -1.69. The molecule has 1 amide bonds. The van der Waals surface area contributed by atoms with Crippen molar-refractivity contribution in [2.75, 3.05) is 18.4 Å². The number of amides is 1. The van der Waals surface area contributed by atoms with Gasteiger partial charge in [-0.2, -0.15) is 0 Å². The Bertz CT molecular complexity index is 779. The van der Waals surface area contributed by atoms with Gasteiger partial charge in [0, 0.05) is 17.0 Å². The van der Waals surface area contributed by atoms with Crippen LogP contribution in [0.15, 0.2) is 59.5 Å². The molecule has 1 fully saturated rings. The molecule has 0 aromatic heterocycles. The summed E-state index contributed by atoms with van der Waals surface area (Å²) in [4.78, 5) is 13.3. The third kappa shape index (κ3) is 6.73. The van der Waals surface area contributed by atoms with E-state index >= 15 is 0 Å². The molecule has 28 heavy (non-hydrogen) atoms. The number of carbonyl (C=O) groups excluding carboxylic acids is 1. The highest BCUT2D eigenvalue weighted by Gasteiger charge is 2.22. The normalized spacial score (nSPS) is 16.6. The van der Waals surface area contributed by atoms with Crippen molar-refractivity contribution in [2.24, 2.45) is 11.8 Å². The molecule has 6 heteroatoms. The summed E-state index contributed by atoms with van der Waals surface area (Å²) in [5.41, 5.74) is 1.74. The molecule has 1 aliphatic rings. The van der Waals surface area contributed by atoms with E-state index in [1.807, 2.05) is 54.6 Å². The Morgan fingerprint density at radius 3 is 2.57 bits per heavy atom. The number of piperidine rings is 1. The van der Waals surface area contributed by atoms with Crippen LogP contribution in [-0.4, -0.2) is 23.2 Å². The minimum atomic E-state index is -1.09. The second-order valence-corrected chi connectivity index (χ2v) is 8.77. The van der Waals surface area contributed by atoms with E-state index < -0.39 is 10.8 Å². The molecule has 1 heterocycles. The summed E-state index contributed by atoms with van der Waals surface area (Å²) in [6.45, 7) is 4.28. The zero-order valence-electron chi connectivity index (χ0n) is 16.2. The minimum absolute atomic E-state index is 0. The van der Waals surface area contributed by atoms with Crippen LogP contribution in [0.25, 0.3) is 0 Å². The first kappa shape index (κ1) is 22.6. The van der Waals surface area contributed by atoms with E-state index in [4.69, 9.17) is 0 Å². The molecule has 4 nitrogen and oxygen atoms in total. The van der Waals surface area contributed by atoms with E-state index in [1.54, 1.807) is 0 Å². The van der Waals surface area contributed by atoms with E-state index in [1.165, 1.54) is 0 Å². The van der Waals surface area contributed by atoms with Gasteiger partial charge in [-0.3, -0.25) is 9.00 Å². The monoisotopic (exact) mass is 420 g/mol. The molecule has 0 saturated carbocycles. The van der Waals surface area contributed by atoms with Crippen molar-refractivity contribution in [2.45, 2.75) is 36.8 Å². The first-order valence-electron chi connectivity index (χ1n) is 9.65. The van der Waals surface area contributed by atoms with Gasteiger partial charge in [0.1, 0.15) is 0 Å². The van der Waals surface area contributed by atoms with Gasteiger partial charge in [0.25, 0.3) is 0 Å². The average molecular weight is 421 g/mol. The third-order valence-corrected chi connectivity index (χ3v) is 6.60. The van der Waals surface area contributed by atoms with Crippen LogP contribution in [0.3, 0.4) is 0 Å². The van der Waals surface area contributed by atoms with E-state index in [9.17, 15) is 9.00 Å². The molecule has 2 aromatic carbocycles. The topological polar surface area (TPSA) is 58.2 Å². The molecule has 2 aromatic rings. The third-order valence-electron chi connectivity index (χ3n) is 5.21. The van der Waals surface area contributed by atoms with Gasteiger partial charge in [-0.15, -0.1) is 12.4 Å². The lowest BCUT2D eigenvalue weighted by Crippen LogP contribution is -2.32. The fraction of sp³-hybridized carbons (Fsp3) is 0.409. The maximum atomic E-state index is 12.5. The lowest BCUT2D eigenvalue weighted by atomic mass is 9.84. The summed E-state index contributed by atoms with van der Waals surface area (Å²) in [5, 5.41) is 6.38. The first-order chi connectivity index (χ1) is 13.1. The molecule has 2 atom stereocenters. The van der Waals surface area contributed by atoms with Crippen LogP contribution in [0.2, 0.25) is 0 Å². The van der Waals surface area contributed by atoms with Gasteiger partial charge in [-0.25, -0.2) is 0 Å².